The van der Waals surface area contributed by atoms with Gasteiger partial charge in [-0.25, -0.2) is 4.79 Å². The second kappa shape index (κ2) is 9.07. The second-order valence-electron chi connectivity index (χ2n) is 8.63. The first kappa shape index (κ1) is 21.2. The summed E-state index contributed by atoms with van der Waals surface area (Å²) in [5, 5.41) is 3.77. The third-order valence-corrected chi connectivity index (χ3v) is 6.47. The number of hydrogen-bond acceptors (Lipinski definition) is 4. The Balaban J connectivity index is 1.15. The lowest BCUT2D eigenvalue weighted by atomic mass is 10.1. The molecule has 2 N–H and O–H groups in total. The maximum absolute atomic E-state index is 12.9. The fraction of sp³-hybridized carbons (Fsp3) is 0.320. The number of para-hydroxylation sites is 1. The summed E-state index contributed by atoms with van der Waals surface area (Å²) in [6.45, 7) is 3.36. The molecule has 0 spiro atoms. The Morgan fingerprint density at radius 3 is 2.45 bits per heavy atom. The van der Waals surface area contributed by atoms with Crippen LogP contribution in [0.3, 0.4) is 0 Å². The number of H-pyrrole nitrogens is 1. The number of amides is 4. The van der Waals surface area contributed by atoms with E-state index in [9.17, 15) is 14.4 Å². The Morgan fingerprint density at radius 2 is 1.67 bits per heavy atom. The molecule has 5 rings (SSSR count). The summed E-state index contributed by atoms with van der Waals surface area (Å²) in [4.78, 5) is 46.5. The molecule has 0 unspecified atom stereocenters. The summed E-state index contributed by atoms with van der Waals surface area (Å²) in [5.41, 5.74) is 3.20. The first-order valence-corrected chi connectivity index (χ1v) is 11.3. The van der Waals surface area contributed by atoms with Crippen molar-refractivity contribution in [3.63, 3.8) is 0 Å². The van der Waals surface area contributed by atoms with Crippen LogP contribution in [0.2, 0.25) is 0 Å². The number of imide groups is 1. The van der Waals surface area contributed by atoms with E-state index in [0.717, 1.165) is 41.0 Å². The van der Waals surface area contributed by atoms with Crippen LogP contribution in [0.5, 0.6) is 0 Å². The van der Waals surface area contributed by atoms with Gasteiger partial charge in [-0.3, -0.25) is 19.4 Å². The number of urea groups is 1. The number of rotatable bonds is 6. The van der Waals surface area contributed by atoms with E-state index in [1.807, 2.05) is 48.7 Å². The van der Waals surface area contributed by atoms with Gasteiger partial charge in [0.15, 0.2) is 0 Å². The molecule has 2 aliphatic heterocycles. The number of nitrogens with one attached hydrogen (secondary N) is 2. The predicted molar refractivity (Wildman–Crippen MR) is 124 cm³/mol. The molecule has 2 saturated heterocycles. The van der Waals surface area contributed by atoms with Gasteiger partial charge in [-0.15, -0.1) is 0 Å². The van der Waals surface area contributed by atoms with Gasteiger partial charge in [-0.05, 0) is 17.2 Å². The SMILES string of the molecule is O=C(CN1C(=O)N[C@H](Cc2c[nH]c3ccccc23)C1=O)N1CCN(Cc2ccccc2)CC1. The fourth-order valence-electron chi connectivity index (χ4n) is 4.62. The summed E-state index contributed by atoms with van der Waals surface area (Å²) in [7, 11) is 0. The van der Waals surface area contributed by atoms with Gasteiger partial charge in [0.05, 0.1) is 0 Å². The molecule has 8 heteroatoms. The molecule has 2 aromatic carbocycles. The standard InChI is InChI=1S/C25H27N5O3/c31-23(29-12-10-28(11-13-29)16-18-6-2-1-3-7-18)17-30-24(32)22(27-25(30)33)14-19-15-26-21-9-5-4-8-20(19)21/h1-9,15,22,26H,10-14,16-17H2,(H,27,33)/t22-/m1/s1. The Kier molecular flexibility index (Phi) is 5.83. The van der Waals surface area contributed by atoms with Gasteiger partial charge in [0.25, 0.3) is 5.91 Å². The molecule has 2 aliphatic rings. The van der Waals surface area contributed by atoms with Crippen LogP contribution in [0.25, 0.3) is 10.9 Å². The van der Waals surface area contributed by atoms with Gasteiger partial charge in [0, 0.05) is 56.2 Å². The highest BCUT2D eigenvalue weighted by atomic mass is 16.2. The smallest absolute Gasteiger partial charge is 0.325 e. The van der Waals surface area contributed by atoms with Crippen LogP contribution in [0.1, 0.15) is 11.1 Å². The highest BCUT2D eigenvalue weighted by Crippen LogP contribution is 2.21. The monoisotopic (exact) mass is 445 g/mol. The molecule has 3 aromatic rings. The molecular weight excluding hydrogens is 418 g/mol. The number of piperazine rings is 1. The average Bonchev–Trinajstić information content (AvgIpc) is 3.36. The van der Waals surface area contributed by atoms with Gasteiger partial charge in [-0.1, -0.05) is 48.5 Å². The molecular formula is C25H27N5O3. The number of fused-ring (bicyclic) bond motifs is 1. The molecule has 2 fully saturated rings. The highest BCUT2D eigenvalue weighted by molar-refractivity contribution is 6.06. The topological polar surface area (TPSA) is 88.8 Å². The number of hydrogen-bond donors (Lipinski definition) is 2. The van der Waals surface area contributed by atoms with Crippen molar-refractivity contribution in [1.82, 2.24) is 25.0 Å². The molecule has 4 amide bonds. The number of nitrogens with zero attached hydrogens (tertiary/aromatic N) is 3. The third kappa shape index (κ3) is 4.47. The lowest BCUT2D eigenvalue weighted by Crippen LogP contribution is -2.51. The summed E-state index contributed by atoms with van der Waals surface area (Å²) < 4.78 is 0. The van der Waals surface area contributed by atoms with E-state index in [-0.39, 0.29) is 18.4 Å². The summed E-state index contributed by atoms with van der Waals surface area (Å²) >= 11 is 0. The predicted octanol–water partition coefficient (Wildman–Crippen LogP) is 1.98. The molecule has 33 heavy (non-hydrogen) atoms. The number of aromatic nitrogens is 1. The van der Waals surface area contributed by atoms with Crippen LogP contribution < -0.4 is 5.32 Å². The quantitative estimate of drug-likeness (QED) is 0.568. The van der Waals surface area contributed by atoms with Gasteiger partial charge in [0.1, 0.15) is 12.6 Å². The van der Waals surface area contributed by atoms with Crippen molar-refractivity contribution in [3.8, 4) is 0 Å². The fourth-order valence-corrected chi connectivity index (χ4v) is 4.62. The number of carbonyl (C=O) groups is 3. The van der Waals surface area contributed by atoms with Crippen LogP contribution in [0.4, 0.5) is 4.79 Å². The van der Waals surface area contributed by atoms with E-state index >= 15 is 0 Å². The van der Waals surface area contributed by atoms with Gasteiger partial charge >= 0.3 is 6.03 Å². The summed E-state index contributed by atoms with van der Waals surface area (Å²) in [5.74, 6) is -0.535. The lowest BCUT2D eigenvalue weighted by Gasteiger charge is -2.35. The van der Waals surface area contributed by atoms with Crippen LogP contribution in [-0.2, 0) is 22.6 Å². The van der Waals surface area contributed by atoms with Crippen molar-refractivity contribution in [2.24, 2.45) is 0 Å². The maximum atomic E-state index is 12.9. The Labute approximate surface area is 192 Å². The molecule has 0 bridgehead atoms. The number of aromatic amines is 1. The van der Waals surface area contributed by atoms with Crippen LogP contribution in [-0.4, -0.2) is 76.3 Å². The van der Waals surface area contributed by atoms with E-state index in [1.54, 1.807) is 4.90 Å². The van der Waals surface area contributed by atoms with Crippen molar-refractivity contribution >= 4 is 28.7 Å². The second-order valence-corrected chi connectivity index (χ2v) is 8.63. The largest absolute Gasteiger partial charge is 0.361 e. The summed E-state index contributed by atoms with van der Waals surface area (Å²) in [6, 6.07) is 16.9. The first-order chi connectivity index (χ1) is 16.1. The van der Waals surface area contributed by atoms with Crippen molar-refractivity contribution in [3.05, 3.63) is 71.9 Å². The van der Waals surface area contributed by atoms with Gasteiger partial charge < -0.3 is 15.2 Å². The minimum absolute atomic E-state index is 0.189. The third-order valence-electron chi connectivity index (χ3n) is 6.47. The van der Waals surface area contributed by atoms with E-state index in [2.05, 4.69) is 27.3 Å². The van der Waals surface area contributed by atoms with Crippen LogP contribution >= 0.6 is 0 Å². The van der Waals surface area contributed by atoms with Crippen molar-refractivity contribution in [1.29, 1.82) is 0 Å². The van der Waals surface area contributed by atoms with E-state index in [0.29, 0.717) is 19.5 Å². The molecule has 8 nitrogen and oxygen atoms in total. The molecule has 0 aliphatic carbocycles. The molecule has 1 aromatic heterocycles. The average molecular weight is 446 g/mol. The molecule has 3 heterocycles. The zero-order valence-corrected chi connectivity index (χ0v) is 18.4. The van der Waals surface area contributed by atoms with Crippen LogP contribution in [0.15, 0.2) is 60.8 Å². The van der Waals surface area contributed by atoms with Crippen molar-refractivity contribution < 1.29 is 14.4 Å². The zero-order chi connectivity index (χ0) is 22.8. The minimum atomic E-state index is -0.660. The lowest BCUT2D eigenvalue weighted by molar-refractivity contribution is -0.138. The maximum Gasteiger partial charge on any atom is 0.325 e. The van der Waals surface area contributed by atoms with Gasteiger partial charge in [0.2, 0.25) is 5.91 Å². The normalized spacial score (nSPS) is 19.3. The molecule has 0 saturated carbocycles. The Morgan fingerprint density at radius 1 is 0.939 bits per heavy atom. The van der Waals surface area contributed by atoms with E-state index < -0.39 is 12.1 Å². The highest BCUT2D eigenvalue weighted by Gasteiger charge is 2.40. The molecule has 1 atom stereocenters. The minimum Gasteiger partial charge on any atom is -0.361 e. The first-order valence-electron chi connectivity index (χ1n) is 11.3. The molecule has 0 radical (unpaired) electrons. The van der Waals surface area contributed by atoms with E-state index in [4.69, 9.17) is 0 Å². The Hall–Kier alpha value is -3.65. The number of benzene rings is 2. The van der Waals surface area contributed by atoms with Crippen molar-refractivity contribution in [2.75, 3.05) is 32.7 Å². The van der Waals surface area contributed by atoms with Gasteiger partial charge in [-0.2, -0.15) is 0 Å². The Bertz CT molecular complexity index is 1170. The van der Waals surface area contributed by atoms with E-state index in [1.165, 1.54) is 5.56 Å². The zero-order valence-electron chi connectivity index (χ0n) is 18.4. The summed E-state index contributed by atoms with van der Waals surface area (Å²) in [6.07, 6.45) is 2.25. The van der Waals surface area contributed by atoms with Crippen LogP contribution in [0, 0.1) is 0 Å². The molecule has 170 valence electrons. The van der Waals surface area contributed by atoms with Crippen molar-refractivity contribution in [2.45, 2.75) is 19.0 Å². The number of carbonyl (C=O) groups excluding carboxylic acids is 3.